The number of rotatable bonds is 14. The van der Waals surface area contributed by atoms with Crippen LogP contribution in [0.4, 0.5) is 26.3 Å². The fraction of sp³-hybridized carbons (Fsp3) is 0.200. The number of aromatic nitrogens is 6. The Morgan fingerprint density at radius 2 is 0.932 bits per heavy atom. The van der Waals surface area contributed by atoms with Crippen LogP contribution in [0.15, 0.2) is 158 Å². The van der Waals surface area contributed by atoms with Crippen LogP contribution >= 0.6 is 0 Å². The molecule has 0 atom stereocenters. The summed E-state index contributed by atoms with van der Waals surface area (Å²) in [5.41, 5.74) is 5.75. The number of unbranched alkanes of at least 4 members (excludes halogenated alkanes) is 1. The first-order valence-corrected chi connectivity index (χ1v) is 23.6. The highest BCUT2D eigenvalue weighted by molar-refractivity contribution is 6.22. The van der Waals surface area contributed by atoms with Crippen molar-refractivity contribution in [3.8, 4) is 39.9 Å². The van der Waals surface area contributed by atoms with Gasteiger partial charge in [0.05, 0.1) is 39.2 Å². The van der Waals surface area contributed by atoms with E-state index in [1.54, 1.807) is 48.5 Å². The number of nitrogens with zero attached hydrogens (tertiary/aromatic N) is 8. The lowest BCUT2D eigenvalue weighted by molar-refractivity contribution is -0.274. The summed E-state index contributed by atoms with van der Waals surface area (Å²) in [5, 5.41) is 8.81. The maximum atomic E-state index is 12.8. The van der Waals surface area contributed by atoms with Gasteiger partial charge in [0.2, 0.25) is 0 Å². The minimum atomic E-state index is -4.75. The Balaban J connectivity index is 0.000000191. The van der Waals surface area contributed by atoms with Crippen molar-refractivity contribution in [3.05, 3.63) is 197 Å². The molecule has 6 aromatic carbocycles. The number of benzene rings is 6. The minimum absolute atomic E-state index is 0.233. The van der Waals surface area contributed by atoms with Gasteiger partial charge in [-0.1, -0.05) is 80.6 Å². The highest BCUT2D eigenvalue weighted by Crippen LogP contribution is 2.31. The van der Waals surface area contributed by atoms with Crippen molar-refractivity contribution in [3.63, 3.8) is 0 Å². The number of imide groups is 2. The highest BCUT2D eigenvalue weighted by atomic mass is 19.4. The van der Waals surface area contributed by atoms with Crippen LogP contribution in [0.1, 0.15) is 91.2 Å². The molecule has 0 bridgehead atoms. The number of fused-ring (bicyclic) bond motifs is 2. The van der Waals surface area contributed by atoms with E-state index >= 15 is 0 Å². The molecule has 378 valence electrons. The third-order valence-corrected chi connectivity index (χ3v) is 11.9. The Morgan fingerprint density at radius 1 is 0.473 bits per heavy atom. The monoisotopic (exact) mass is 1010 g/mol. The molecule has 19 heteroatoms. The average molecular weight is 1010 g/mol. The Labute approximate surface area is 420 Å². The molecule has 0 fully saturated rings. The van der Waals surface area contributed by atoms with Gasteiger partial charge in [0.15, 0.2) is 11.6 Å². The molecule has 10 rings (SSSR count). The van der Waals surface area contributed by atoms with E-state index in [-0.39, 0.29) is 29.4 Å². The molecule has 0 spiro atoms. The van der Waals surface area contributed by atoms with E-state index < -0.39 is 18.1 Å². The topological polar surface area (TPSA) is 145 Å². The van der Waals surface area contributed by atoms with Crippen LogP contribution in [-0.2, 0) is 19.0 Å². The number of carbonyl (C=O) groups excluding carboxylic acids is 4. The number of ether oxygens (including phenoxy) is 1. The summed E-state index contributed by atoms with van der Waals surface area (Å²) >= 11 is 0. The summed E-state index contributed by atoms with van der Waals surface area (Å²) in [5.74, 6) is -0.402. The van der Waals surface area contributed by atoms with E-state index in [1.807, 2.05) is 62.4 Å². The quantitative estimate of drug-likeness (QED) is 0.0590. The Bertz CT molecular complexity index is 3210. The molecule has 2 aliphatic rings. The molecule has 0 saturated carbocycles. The molecular formula is C55H46F6N8O5. The van der Waals surface area contributed by atoms with Gasteiger partial charge < -0.3 is 4.74 Å². The number of hydrogen-bond donors (Lipinski definition) is 0. The van der Waals surface area contributed by atoms with Gasteiger partial charge in [0.25, 0.3) is 23.6 Å². The molecule has 74 heavy (non-hydrogen) atoms. The van der Waals surface area contributed by atoms with E-state index in [0.29, 0.717) is 77.6 Å². The zero-order chi connectivity index (χ0) is 52.6. The molecule has 4 heterocycles. The van der Waals surface area contributed by atoms with E-state index in [0.717, 1.165) is 47.2 Å². The van der Waals surface area contributed by atoms with Gasteiger partial charge in [0.1, 0.15) is 18.4 Å². The van der Waals surface area contributed by atoms with Gasteiger partial charge in [-0.3, -0.25) is 29.0 Å². The first-order valence-electron chi connectivity index (χ1n) is 23.6. The zero-order valence-electron chi connectivity index (χ0n) is 39.8. The number of carbonyl (C=O) groups is 4. The van der Waals surface area contributed by atoms with Gasteiger partial charge in [-0.2, -0.15) is 13.2 Å². The number of aryl methyl sites for hydroxylation is 2. The molecule has 0 N–H and O–H groups in total. The number of halogens is 6. The minimum Gasteiger partial charge on any atom is -0.406 e. The summed E-state index contributed by atoms with van der Waals surface area (Å²) < 4.78 is 82.1. The lowest BCUT2D eigenvalue weighted by Gasteiger charge is -2.13. The van der Waals surface area contributed by atoms with Crippen molar-refractivity contribution in [2.45, 2.75) is 58.5 Å². The van der Waals surface area contributed by atoms with Gasteiger partial charge >= 0.3 is 12.5 Å². The Morgan fingerprint density at radius 3 is 1.42 bits per heavy atom. The molecule has 0 unspecified atom stereocenters. The number of amides is 4. The fourth-order valence-electron chi connectivity index (χ4n) is 8.25. The molecular weight excluding hydrogens is 967 g/mol. The van der Waals surface area contributed by atoms with Gasteiger partial charge in [-0.25, -0.2) is 19.3 Å². The predicted molar refractivity (Wildman–Crippen MR) is 261 cm³/mol. The number of alkyl halides is 6. The van der Waals surface area contributed by atoms with Crippen molar-refractivity contribution in [1.82, 2.24) is 39.3 Å². The standard InChI is InChI=1S/C27H21F3N4O2.C26H19F3N4O3.C2H6/c28-27(29,30)20-12-14-21(15-13-20)34-17-31-24(32-34)19-10-8-18(9-11-19)5-3-4-16-33-25(35)22-6-1-2-7-23(22)26(33)36;27-26(28,29)36-20-12-10-19(11-13-20)33-16-30-23(31-33)18-7-3-5-17(15-18)6-4-14-32-24(34)21-8-1-2-9-22(21)25(32)35;1-2/h1-2,6-15,17H,3-5,16H2;1-3,5,7-13,15-16H,4,6,14H2;1-2H3. The lowest BCUT2D eigenvalue weighted by atomic mass is 10.1. The third kappa shape index (κ3) is 11.9. The second kappa shape index (κ2) is 22.4. The summed E-state index contributed by atoms with van der Waals surface area (Å²) in [7, 11) is 0. The van der Waals surface area contributed by atoms with Crippen LogP contribution in [0.5, 0.6) is 5.75 Å². The number of hydrogen-bond acceptors (Lipinski definition) is 9. The molecule has 13 nitrogen and oxygen atoms in total. The van der Waals surface area contributed by atoms with E-state index in [4.69, 9.17) is 0 Å². The predicted octanol–water partition coefficient (Wildman–Crippen LogP) is 11.7. The first kappa shape index (κ1) is 51.6. The smallest absolute Gasteiger partial charge is 0.406 e. The molecule has 4 amide bonds. The van der Waals surface area contributed by atoms with E-state index in [1.165, 1.54) is 68.2 Å². The van der Waals surface area contributed by atoms with Crippen molar-refractivity contribution >= 4 is 23.6 Å². The molecule has 2 aromatic heterocycles. The van der Waals surface area contributed by atoms with Crippen molar-refractivity contribution in [2.75, 3.05) is 13.1 Å². The van der Waals surface area contributed by atoms with Crippen LogP contribution in [0, 0.1) is 0 Å². The van der Waals surface area contributed by atoms with Gasteiger partial charge in [0, 0.05) is 24.2 Å². The summed E-state index contributed by atoms with van der Waals surface area (Å²) in [6, 6.07) is 39.1. The summed E-state index contributed by atoms with van der Waals surface area (Å²) in [6.45, 7) is 4.70. The van der Waals surface area contributed by atoms with Crippen LogP contribution in [0.25, 0.3) is 34.2 Å². The Kier molecular flexibility index (Phi) is 15.6. The van der Waals surface area contributed by atoms with Gasteiger partial charge in [-0.05, 0) is 122 Å². The molecule has 0 saturated heterocycles. The van der Waals surface area contributed by atoms with Crippen LogP contribution in [-0.4, -0.2) is 82.4 Å². The van der Waals surface area contributed by atoms with Crippen LogP contribution < -0.4 is 4.74 Å². The molecule has 2 aliphatic heterocycles. The van der Waals surface area contributed by atoms with Gasteiger partial charge in [-0.15, -0.1) is 23.4 Å². The molecule has 0 radical (unpaired) electrons. The maximum absolute atomic E-state index is 12.8. The van der Waals surface area contributed by atoms with Crippen molar-refractivity contribution in [1.29, 1.82) is 0 Å². The van der Waals surface area contributed by atoms with Crippen molar-refractivity contribution in [2.24, 2.45) is 0 Å². The molecule has 0 aliphatic carbocycles. The zero-order valence-corrected chi connectivity index (χ0v) is 39.8. The fourth-order valence-corrected chi connectivity index (χ4v) is 8.25. The Hall–Kier alpha value is -8.74. The van der Waals surface area contributed by atoms with Crippen LogP contribution in [0.2, 0.25) is 0 Å². The second-order valence-corrected chi connectivity index (χ2v) is 16.7. The highest BCUT2D eigenvalue weighted by Gasteiger charge is 2.36. The third-order valence-electron chi connectivity index (χ3n) is 11.9. The van der Waals surface area contributed by atoms with E-state index in [9.17, 15) is 45.5 Å². The summed E-state index contributed by atoms with van der Waals surface area (Å²) in [6.07, 6.45) is -2.66. The largest absolute Gasteiger partial charge is 0.573 e. The maximum Gasteiger partial charge on any atom is 0.573 e. The average Bonchev–Trinajstić information content (AvgIpc) is 4.20. The first-order chi connectivity index (χ1) is 35.6. The van der Waals surface area contributed by atoms with Crippen molar-refractivity contribution < 1.29 is 50.3 Å². The van der Waals surface area contributed by atoms with Crippen LogP contribution in [0.3, 0.4) is 0 Å². The second-order valence-electron chi connectivity index (χ2n) is 16.7. The molecule has 8 aromatic rings. The SMILES string of the molecule is CC.O=C1c2ccccc2C(=O)N1CCCCc1ccc(-c2ncn(-c3ccc(C(F)(F)F)cc3)n2)cc1.O=C1c2ccccc2C(=O)N1CCCc1cccc(-c2ncn(-c3ccc(OC(F)(F)F)cc3)n2)c1. The lowest BCUT2D eigenvalue weighted by Crippen LogP contribution is -2.30. The summed E-state index contributed by atoms with van der Waals surface area (Å²) in [4.78, 5) is 61.1. The normalized spacial score (nSPS) is 13.0. The van der Waals surface area contributed by atoms with E-state index in [2.05, 4.69) is 24.9 Å².